The molecule has 0 amide bonds. The quantitative estimate of drug-likeness (QED) is 0.631. The minimum absolute atomic E-state index is 0.519. The fraction of sp³-hybridized carbons (Fsp3) is 1.00. The van der Waals surface area contributed by atoms with Gasteiger partial charge in [0.2, 0.25) is 0 Å². The Labute approximate surface area is 64.0 Å². The number of ether oxygens (including phenoxy) is 1. The summed E-state index contributed by atoms with van der Waals surface area (Å²) >= 11 is 0. The number of rotatable bonds is 5. The summed E-state index contributed by atoms with van der Waals surface area (Å²) in [5, 5.41) is 3.41. The Morgan fingerprint density at radius 3 is 2.30 bits per heavy atom. The van der Waals surface area contributed by atoms with Crippen molar-refractivity contribution >= 4 is 0 Å². The van der Waals surface area contributed by atoms with E-state index in [0.717, 1.165) is 13.0 Å². The molecule has 10 heavy (non-hydrogen) atoms. The molecule has 1 N–H and O–H groups in total. The monoisotopic (exact) mass is 145 g/mol. The van der Waals surface area contributed by atoms with Crippen LogP contribution in [0.3, 0.4) is 0 Å². The second kappa shape index (κ2) is 5.69. The summed E-state index contributed by atoms with van der Waals surface area (Å²) in [6, 6.07) is 1.07. The fourth-order valence-electron chi connectivity index (χ4n) is 0.956. The van der Waals surface area contributed by atoms with Crippen LogP contribution in [0.5, 0.6) is 0 Å². The molecule has 0 aliphatic heterocycles. The van der Waals surface area contributed by atoms with Crippen molar-refractivity contribution in [2.24, 2.45) is 0 Å². The Morgan fingerprint density at radius 1 is 1.40 bits per heavy atom. The van der Waals surface area contributed by atoms with Crippen LogP contribution in [-0.4, -0.2) is 25.8 Å². The average Bonchev–Trinajstić information content (AvgIpc) is 1.86. The predicted octanol–water partition coefficient (Wildman–Crippen LogP) is 1.41. The Bertz CT molecular complexity index is 73.7. The molecule has 0 aromatic carbocycles. The highest BCUT2D eigenvalue weighted by atomic mass is 16.5. The standard InChI is InChI=1S/C8H19NO/c1-5-8(6-10-4)9-7(2)3/h7-9H,5-6H2,1-4H3/t8-/m0/s1. The lowest BCUT2D eigenvalue weighted by molar-refractivity contribution is 0.160. The zero-order valence-electron chi connectivity index (χ0n) is 7.48. The third kappa shape index (κ3) is 4.77. The van der Waals surface area contributed by atoms with Crippen molar-refractivity contribution < 1.29 is 4.74 Å². The maximum absolute atomic E-state index is 5.03. The molecule has 0 fully saturated rings. The maximum Gasteiger partial charge on any atom is 0.0615 e. The van der Waals surface area contributed by atoms with E-state index in [1.807, 2.05) is 0 Å². The molecule has 0 unspecified atom stereocenters. The molecule has 62 valence electrons. The van der Waals surface area contributed by atoms with Crippen LogP contribution in [0.2, 0.25) is 0 Å². The molecule has 0 heterocycles. The first-order chi connectivity index (χ1) is 4.70. The van der Waals surface area contributed by atoms with Gasteiger partial charge >= 0.3 is 0 Å². The molecular weight excluding hydrogens is 126 g/mol. The Hall–Kier alpha value is -0.0800. The average molecular weight is 145 g/mol. The van der Waals surface area contributed by atoms with E-state index in [1.165, 1.54) is 0 Å². The normalized spacial score (nSPS) is 14.1. The maximum atomic E-state index is 5.03. The number of hydrogen-bond donors (Lipinski definition) is 1. The molecular formula is C8H19NO. The Morgan fingerprint density at radius 2 is 2.00 bits per heavy atom. The molecule has 0 rings (SSSR count). The van der Waals surface area contributed by atoms with Gasteiger partial charge in [-0.25, -0.2) is 0 Å². The van der Waals surface area contributed by atoms with E-state index in [2.05, 4.69) is 26.1 Å². The molecule has 0 aliphatic carbocycles. The summed E-state index contributed by atoms with van der Waals surface area (Å²) in [5.74, 6) is 0. The molecule has 2 heteroatoms. The van der Waals surface area contributed by atoms with Gasteiger partial charge < -0.3 is 10.1 Å². The molecule has 0 aliphatic rings. The van der Waals surface area contributed by atoms with Crippen molar-refractivity contribution in [2.75, 3.05) is 13.7 Å². The first-order valence-electron chi connectivity index (χ1n) is 3.95. The van der Waals surface area contributed by atoms with Crippen LogP contribution in [0.4, 0.5) is 0 Å². The zero-order valence-corrected chi connectivity index (χ0v) is 7.48. The van der Waals surface area contributed by atoms with Crippen molar-refractivity contribution in [3.63, 3.8) is 0 Å². The third-order valence-corrected chi connectivity index (χ3v) is 1.43. The van der Waals surface area contributed by atoms with Crippen molar-refractivity contribution in [1.29, 1.82) is 0 Å². The topological polar surface area (TPSA) is 21.3 Å². The number of nitrogens with one attached hydrogen (secondary N) is 1. The largest absolute Gasteiger partial charge is 0.383 e. The molecule has 2 nitrogen and oxygen atoms in total. The predicted molar refractivity (Wildman–Crippen MR) is 44.2 cm³/mol. The molecule has 0 radical (unpaired) electrons. The summed E-state index contributed by atoms with van der Waals surface area (Å²) in [6.45, 7) is 7.28. The van der Waals surface area contributed by atoms with Gasteiger partial charge in [-0.3, -0.25) is 0 Å². The van der Waals surface area contributed by atoms with Crippen molar-refractivity contribution in [1.82, 2.24) is 5.32 Å². The zero-order chi connectivity index (χ0) is 7.98. The van der Waals surface area contributed by atoms with E-state index < -0.39 is 0 Å². The van der Waals surface area contributed by atoms with E-state index in [9.17, 15) is 0 Å². The lowest BCUT2D eigenvalue weighted by Gasteiger charge is -2.18. The van der Waals surface area contributed by atoms with E-state index in [4.69, 9.17) is 4.74 Å². The van der Waals surface area contributed by atoms with Crippen LogP contribution >= 0.6 is 0 Å². The van der Waals surface area contributed by atoms with Crippen molar-refractivity contribution in [3.05, 3.63) is 0 Å². The van der Waals surface area contributed by atoms with Gasteiger partial charge in [0.05, 0.1) is 6.61 Å². The summed E-state index contributed by atoms with van der Waals surface area (Å²) in [6.07, 6.45) is 1.13. The van der Waals surface area contributed by atoms with Gasteiger partial charge in [0.15, 0.2) is 0 Å². The van der Waals surface area contributed by atoms with Crippen LogP contribution in [0.1, 0.15) is 27.2 Å². The molecule has 1 atom stereocenters. The highest BCUT2D eigenvalue weighted by molar-refractivity contribution is 4.65. The molecule has 0 bridgehead atoms. The van der Waals surface area contributed by atoms with Gasteiger partial charge in [0.25, 0.3) is 0 Å². The molecule has 0 aromatic heterocycles. The van der Waals surface area contributed by atoms with Crippen molar-refractivity contribution in [2.45, 2.75) is 39.3 Å². The molecule has 0 aromatic rings. The Balaban J connectivity index is 3.39. The van der Waals surface area contributed by atoms with Crippen LogP contribution in [0, 0.1) is 0 Å². The van der Waals surface area contributed by atoms with Crippen LogP contribution in [0.25, 0.3) is 0 Å². The van der Waals surface area contributed by atoms with E-state index in [-0.39, 0.29) is 0 Å². The summed E-state index contributed by atoms with van der Waals surface area (Å²) in [5.41, 5.74) is 0. The van der Waals surface area contributed by atoms with Crippen LogP contribution in [-0.2, 0) is 4.74 Å². The lowest BCUT2D eigenvalue weighted by atomic mass is 10.2. The summed E-state index contributed by atoms with van der Waals surface area (Å²) in [7, 11) is 1.74. The van der Waals surface area contributed by atoms with E-state index in [0.29, 0.717) is 12.1 Å². The van der Waals surface area contributed by atoms with Crippen LogP contribution in [0.15, 0.2) is 0 Å². The first kappa shape index (κ1) is 9.92. The fourth-order valence-corrected chi connectivity index (χ4v) is 0.956. The summed E-state index contributed by atoms with van der Waals surface area (Å²) < 4.78 is 5.03. The van der Waals surface area contributed by atoms with E-state index in [1.54, 1.807) is 7.11 Å². The van der Waals surface area contributed by atoms with E-state index >= 15 is 0 Å². The lowest BCUT2D eigenvalue weighted by Crippen LogP contribution is -2.37. The minimum Gasteiger partial charge on any atom is -0.383 e. The van der Waals surface area contributed by atoms with Gasteiger partial charge in [-0.05, 0) is 6.42 Å². The highest BCUT2D eigenvalue weighted by Gasteiger charge is 2.05. The second-order valence-corrected chi connectivity index (χ2v) is 2.88. The minimum atomic E-state index is 0.519. The van der Waals surface area contributed by atoms with Gasteiger partial charge in [0, 0.05) is 19.2 Å². The van der Waals surface area contributed by atoms with Crippen LogP contribution < -0.4 is 5.32 Å². The van der Waals surface area contributed by atoms with Gasteiger partial charge in [-0.2, -0.15) is 0 Å². The third-order valence-electron chi connectivity index (χ3n) is 1.43. The number of hydrogen-bond acceptors (Lipinski definition) is 2. The molecule has 0 saturated carbocycles. The van der Waals surface area contributed by atoms with Gasteiger partial charge in [0.1, 0.15) is 0 Å². The summed E-state index contributed by atoms with van der Waals surface area (Å²) in [4.78, 5) is 0. The highest BCUT2D eigenvalue weighted by Crippen LogP contribution is 1.92. The second-order valence-electron chi connectivity index (χ2n) is 2.88. The van der Waals surface area contributed by atoms with Gasteiger partial charge in [-0.15, -0.1) is 0 Å². The number of methoxy groups -OCH3 is 1. The SMILES string of the molecule is CC[C@@H](COC)NC(C)C. The molecule has 0 spiro atoms. The molecule has 0 saturated heterocycles. The van der Waals surface area contributed by atoms with Gasteiger partial charge in [-0.1, -0.05) is 20.8 Å². The smallest absolute Gasteiger partial charge is 0.0615 e. The van der Waals surface area contributed by atoms with Crippen molar-refractivity contribution in [3.8, 4) is 0 Å². The first-order valence-corrected chi connectivity index (χ1v) is 3.95. The Kier molecular flexibility index (Phi) is 5.64.